The maximum absolute atomic E-state index is 13.3. The van der Waals surface area contributed by atoms with Gasteiger partial charge in [-0.2, -0.15) is 0 Å². The molecule has 1 rings (SSSR count). The normalized spacial score (nSPS) is 11.3. The molecule has 0 aliphatic carbocycles. The van der Waals surface area contributed by atoms with Crippen LogP contribution >= 0.6 is 0 Å². The van der Waals surface area contributed by atoms with Crippen molar-refractivity contribution in [3.8, 4) is 5.75 Å². The molecule has 0 spiro atoms. The number of hydrogen-bond acceptors (Lipinski definition) is 4. The van der Waals surface area contributed by atoms with Gasteiger partial charge in [0.05, 0.1) is 0 Å². The van der Waals surface area contributed by atoms with E-state index in [1.54, 1.807) is 0 Å². The van der Waals surface area contributed by atoms with Crippen LogP contribution in [0.4, 0.5) is 4.39 Å². The van der Waals surface area contributed by atoms with Gasteiger partial charge in [0, 0.05) is 13.0 Å². The molecule has 0 aromatic heterocycles. The molecule has 7 heteroatoms. The third-order valence-electron chi connectivity index (χ3n) is 2.49. The van der Waals surface area contributed by atoms with E-state index in [1.807, 2.05) is 0 Å². The predicted octanol–water partition coefficient (Wildman–Crippen LogP) is 1.18. The molecule has 0 heterocycles. The highest BCUT2D eigenvalue weighted by Crippen LogP contribution is 2.19. The van der Waals surface area contributed by atoms with Crippen LogP contribution in [0.5, 0.6) is 5.75 Å². The number of rotatable bonds is 6. The second kappa shape index (κ2) is 7.20. The van der Waals surface area contributed by atoms with Crippen LogP contribution in [0, 0.1) is 5.82 Å². The van der Waals surface area contributed by atoms with Crippen molar-refractivity contribution in [3.63, 3.8) is 0 Å². The number of carbonyl (C=O) groups is 1. The average Bonchev–Trinajstić information content (AvgIpc) is 2.37. The third-order valence-corrected chi connectivity index (χ3v) is 2.49. The Morgan fingerprint density at radius 2 is 2.16 bits per heavy atom. The molecule has 5 N–H and O–H groups in total. The molecule has 6 nitrogen and oxygen atoms in total. The van der Waals surface area contributed by atoms with Crippen LogP contribution in [-0.4, -0.2) is 28.6 Å². The molecule has 0 atom stereocenters. The van der Waals surface area contributed by atoms with Crippen molar-refractivity contribution >= 4 is 11.7 Å². The lowest BCUT2D eigenvalue weighted by molar-refractivity contribution is 0.0946. The Labute approximate surface area is 109 Å². The number of phenolic OH excluding ortho intramolecular Hbond substituents is 1. The molecular formula is C12H16FN3O3. The van der Waals surface area contributed by atoms with Gasteiger partial charge in [0.1, 0.15) is 23.0 Å². The number of halogens is 1. The molecule has 1 amide bonds. The second-order valence-corrected chi connectivity index (χ2v) is 3.94. The van der Waals surface area contributed by atoms with E-state index < -0.39 is 17.5 Å². The fourth-order valence-electron chi connectivity index (χ4n) is 1.51. The van der Waals surface area contributed by atoms with Crippen LogP contribution in [0.1, 0.15) is 29.6 Å². The first-order valence-electron chi connectivity index (χ1n) is 5.78. The minimum absolute atomic E-state index is 0.123. The monoisotopic (exact) mass is 269 g/mol. The number of unbranched alkanes of at least 4 members (excludes halogenated alkanes) is 1. The van der Waals surface area contributed by atoms with Crippen molar-refractivity contribution in [3.05, 3.63) is 29.6 Å². The highest BCUT2D eigenvalue weighted by molar-refractivity contribution is 5.97. The number of amidine groups is 1. The van der Waals surface area contributed by atoms with Crippen LogP contribution in [0.25, 0.3) is 0 Å². The van der Waals surface area contributed by atoms with Gasteiger partial charge in [0.25, 0.3) is 5.91 Å². The number of oxime groups is 1. The number of amides is 1. The zero-order valence-corrected chi connectivity index (χ0v) is 10.3. The van der Waals surface area contributed by atoms with Crippen molar-refractivity contribution in [2.24, 2.45) is 10.9 Å². The van der Waals surface area contributed by atoms with E-state index in [9.17, 15) is 14.3 Å². The molecular weight excluding hydrogens is 253 g/mol. The van der Waals surface area contributed by atoms with Crippen molar-refractivity contribution < 1.29 is 19.5 Å². The number of benzene rings is 1. The van der Waals surface area contributed by atoms with E-state index in [4.69, 9.17) is 10.9 Å². The maximum atomic E-state index is 13.3. The van der Waals surface area contributed by atoms with Crippen molar-refractivity contribution in [2.75, 3.05) is 6.54 Å². The van der Waals surface area contributed by atoms with Gasteiger partial charge in [0.2, 0.25) is 0 Å². The Morgan fingerprint density at radius 1 is 1.42 bits per heavy atom. The first-order chi connectivity index (χ1) is 9.06. The van der Waals surface area contributed by atoms with Gasteiger partial charge in [-0.3, -0.25) is 4.79 Å². The summed E-state index contributed by atoms with van der Waals surface area (Å²) >= 11 is 0. The molecule has 0 saturated heterocycles. The quantitative estimate of drug-likeness (QED) is 0.204. The summed E-state index contributed by atoms with van der Waals surface area (Å²) in [7, 11) is 0. The Hall–Kier alpha value is -2.31. The molecule has 104 valence electrons. The lowest BCUT2D eigenvalue weighted by atomic mass is 10.1. The van der Waals surface area contributed by atoms with Gasteiger partial charge >= 0.3 is 0 Å². The van der Waals surface area contributed by atoms with Crippen LogP contribution in [0.15, 0.2) is 23.4 Å². The van der Waals surface area contributed by atoms with Crippen LogP contribution in [0.2, 0.25) is 0 Å². The fourth-order valence-corrected chi connectivity index (χ4v) is 1.51. The van der Waals surface area contributed by atoms with Gasteiger partial charge in [-0.15, -0.1) is 0 Å². The standard InChI is InChI=1S/C12H16FN3O3/c13-8-4-3-5-9(17)11(8)12(18)15-7-2-1-6-10(14)16-19/h3-5,17,19H,1-2,6-7H2,(H2,14,16)(H,15,18). The summed E-state index contributed by atoms with van der Waals surface area (Å²) < 4.78 is 13.3. The summed E-state index contributed by atoms with van der Waals surface area (Å²) in [6, 6.07) is 3.67. The smallest absolute Gasteiger partial charge is 0.258 e. The largest absolute Gasteiger partial charge is 0.507 e. The Balaban J connectivity index is 2.40. The second-order valence-electron chi connectivity index (χ2n) is 3.94. The van der Waals surface area contributed by atoms with Gasteiger partial charge in [-0.25, -0.2) is 4.39 Å². The SMILES string of the molecule is N/C(CCCCNC(=O)c1c(O)cccc1F)=N/O. The maximum Gasteiger partial charge on any atom is 0.258 e. The molecule has 0 unspecified atom stereocenters. The molecule has 0 radical (unpaired) electrons. The summed E-state index contributed by atoms with van der Waals surface area (Å²) in [6.07, 6.45) is 1.63. The highest BCUT2D eigenvalue weighted by Gasteiger charge is 2.15. The summed E-state index contributed by atoms with van der Waals surface area (Å²) in [6.45, 7) is 0.311. The molecule has 0 fully saturated rings. The average molecular weight is 269 g/mol. The van der Waals surface area contributed by atoms with Crippen LogP contribution in [0.3, 0.4) is 0 Å². The zero-order valence-electron chi connectivity index (χ0n) is 10.3. The van der Waals surface area contributed by atoms with Gasteiger partial charge in [-0.05, 0) is 25.0 Å². The molecule has 19 heavy (non-hydrogen) atoms. The number of nitrogens with one attached hydrogen (secondary N) is 1. The van der Waals surface area contributed by atoms with Crippen molar-refractivity contribution in [2.45, 2.75) is 19.3 Å². The number of phenols is 1. The fraction of sp³-hybridized carbons (Fsp3) is 0.333. The number of nitrogens with zero attached hydrogens (tertiary/aromatic N) is 1. The number of nitrogens with two attached hydrogens (primary N) is 1. The molecule has 1 aromatic rings. The van der Waals surface area contributed by atoms with E-state index in [0.717, 1.165) is 6.07 Å². The van der Waals surface area contributed by atoms with Crippen LogP contribution < -0.4 is 11.1 Å². The zero-order chi connectivity index (χ0) is 14.3. The van der Waals surface area contributed by atoms with E-state index in [2.05, 4.69) is 10.5 Å². The lowest BCUT2D eigenvalue weighted by Gasteiger charge is -2.07. The Bertz CT molecular complexity index is 457. The third kappa shape index (κ3) is 4.46. The number of aromatic hydroxyl groups is 1. The lowest BCUT2D eigenvalue weighted by Crippen LogP contribution is -2.25. The first kappa shape index (κ1) is 14.7. The van der Waals surface area contributed by atoms with Crippen molar-refractivity contribution in [1.29, 1.82) is 0 Å². The van der Waals surface area contributed by atoms with E-state index in [0.29, 0.717) is 25.8 Å². The van der Waals surface area contributed by atoms with Gasteiger partial charge in [-0.1, -0.05) is 11.2 Å². The minimum atomic E-state index is -0.769. The molecule has 0 aliphatic rings. The first-order valence-corrected chi connectivity index (χ1v) is 5.78. The summed E-state index contributed by atoms with van der Waals surface area (Å²) in [5.74, 6) is -1.71. The Morgan fingerprint density at radius 3 is 2.79 bits per heavy atom. The van der Waals surface area contributed by atoms with Crippen molar-refractivity contribution in [1.82, 2.24) is 5.32 Å². The summed E-state index contributed by atoms with van der Waals surface area (Å²) in [5.41, 5.74) is 4.91. The number of carbonyl (C=O) groups excluding carboxylic acids is 1. The topological polar surface area (TPSA) is 108 Å². The Kier molecular flexibility index (Phi) is 5.59. The molecule has 0 bridgehead atoms. The van der Waals surface area contributed by atoms with E-state index >= 15 is 0 Å². The summed E-state index contributed by atoms with van der Waals surface area (Å²) in [4.78, 5) is 11.6. The minimum Gasteiger partial charge on any atom is -0.507 e. The molecule has 0 saturated carbocycles. The summed E-state index contributed by atoms with van der Waals surface area (Å²) in [5, 5.41) is 23.0. The number of hydrogen-bond donors (Lipinski definition) is 4. The van der Waals surface area contributed by atoms with Gasteiger partial charge in [0.15, 0.2) is 0 Å². The molecule has 1 aromatic carbocycles. The van der Waals surface area contributed by atoms with E-state index in [1.165, 1.54) is 12.1 Å². The highest BCUT2D eigenvalue weighted by atomic mass is 19.1. The predicted molar refractivity (Wildman–Crippen MR) is 67.7 cm³/mol. The van der Waals surface area contributed by atoms with Gasteiger partial charge < -0.3 is 21.4 Å². The molecule has 0 aliphatic heterocycles. The van der Waals surface area contributed by atoms with E-state index in [-0.39, 0.29) is 11.4 Å². The van der Waals surface area contributed by atoms with Crippen LogP contribution in [-0.2, 0) is 0 Å².